The zero-order valence-corrected chi connectivity index (χ0v) is 14.0. The number of primary amides is 1. The summed E-state index contributed by atoms with van der Waals surface area (Å²) in [5.74, 6) is -0.815. The maximum absolute atomic E-state index is 12.9. The minimum atomic E-state index is -1.44. The summed E-state index contributed by atoms with van der Waals surface area (Å²) in [4.78, 5) is 10.5. The quantitative estimate of drug-likeness (QED) is 0.366. The van der Waals surface area contributed by atoms with Crippen LogP contribution >= 0.6 is 0 Å². The van der Waals surface area contributed by atoms with E-state index in [1.54, 1.807) is 0 Å². The number of rotatable bonds is 16. The topological polar surface area (TPSA) is 43.1 Å². The van der Waals surface area contributed by atoms with Crippen LogP contribution in [0, 0.1) is 0 Å². The van der Waals surface area contributed by atoms with Gasteiger partial charge in [-0.05, 0) is 6.42 Å². The molecule has 0 saturated carbocycles. The van der Waals surface area contributed by atoms with Crippen molar-refractivity contribution in [1.82, 2.24) is 0 Å². The van der Waals surface area contributed by atoms with Crippen LogP contribution in [-0.2, 0) is 4.79 Å². The molecule has 21 heavy (non-hydrogen) atoms. The van der Waals surface area contributed by atoms with Gasteiger partial charge in [-0.15, -0.1) is 0 Å². The summed E-state index contributed by atoms with van der Waals surface area (Å²) < 4.78 is 12.9. The fourth-order valence-corrected chi connectivity index (χ4v) is 2.66. The van der Waals surface area contributed by atoms with Crippen LogP contribution in [0.2, 0.25) is 0 Å². The summed E-state index contributed by atoms with van der Waals surface area (Å²) >= 11 is 0. The second kappa shape index (κ2) is 15.8. The first kappa shape index (κ1) is 20.4. The average Bonchev–Trinajstić information content (AvgIpc) is 2.47. The number of carbonyl (C=O) groups is 1. The van der Waals surface area contributed by atoms with Crippen molar-refractivity contribution >= 4 is 5.91 Å². The molecule has 0 aliphatic heterocycles. The first-order valence-electron chi connectivity index (χ1n) is 9.12. The highest BCUT2D eigenvalue weighted by Gasteiger charge is 2.11. The van der Waals surface area contributed by atoms with Gasteiger partial charge in [-0.1, -0.05) is 96.8 Å². The van der Waals surface area contributed by atoms with Gasteiger partial charge >= 0.3 is 0 Å². The molecule has 0 aromatic heterocycles. The number of nitrogens with two attached hydrogens (primary N) is 1. The average molecular weight is 301 g/mol. The number of alkyl halides is 1. The summed E-state index contributed by atoms with van der Waals surface area (Å²) in [6.45, 7) is 2.26. The Morgan fingerprint density at radius 2 is 1.10 bits per heavy atom. The van der Waals surface area contributed by atoms with E-state index in [9.17, 15) is 9.18 Å². The molecule has 2 nitrogen and oxygen atoms in total. The summed E-state index contributed by atoms with van der Waals surface area (Å²) in [6, 6.07) is 0. The van der Waals surface area contributed by atoms with E-state index in [0.29, 0.717) is 6.42 Å². The third kappa shape index (κ3) is 15.6. The van der Waals surface area contributed by atoms with Crippen molar-refractivity contribution in [1.29, 1.82) is 0 Å². The van der Waals surface area contributed by atoms with Gasteiger partial charge in [0.25, 0.3) is 5.91 Å². The Morgan fingerprint density at radius 3 is 1.43 bits per heavy atom. The van der Waals surface area contributed by atoms with E-state index < -0.39 is 12.1 Å². The van der Waals surface area contributed by atoms with Gasteiger partial charge in [-0.25, -0.2) is 4.39 Å². The minimum Gasteiger partial charge on any atom is -0.367 e. The molecular weight excluding hydrogens is 265 g/mol. The first-order valence-corrected chi connectivity index (χ1v) is 9.12. The molecule has 0 fully saturated rings. The molecule has 0 aliphatic carbocycles. The van der Waals surface area contributed by atoms with Crippen LogP contribution in [0.5, 0.6) is 0 Å². The predicted octanol–water partition coefficient (Wildman–Crippen LogP) is 5.68. The lowest BCUT2D eigenvalue weighted by Gasteiger charge is -2.04. The van der Waals surface area contributed by atoms with Crippen molar-refractivity contribution in [2.24, 2.45) is 5.73 Å². The van der Waals surface area contributed by atoms with Crippen molar-refractivity contribution in [3.63, 3.8) is 0 Å². The zero-order chi connectivity index (χ0) is 15.8. The van der Waals surface area contributed by atoms with Crippen LogP contribution in [0.15, 0.2) is 0 Å². The Balaban J connectivity index is 3.04. The molecule has 0 aromatic carbocycles. The van der Waals surface area contributed by atoms with Crippen molar-refractivity contribution in [3.8, 4) is 0 Å². The monoisotopic (exact) mass is 301 g/mol. The molecule has 0 rings (SSSR count). The molecular formula is C18H36FNO. The van der Waals surface area contributed by atoms with Gasteiger partial charge in [0.1, 0.15) is 0 Å². The Morgan fingerprint density at radius 1 is 0.762 bits per heavy atom. The molecule has 126 valence electrons. The van der Waals surface area contributed by atoms with Crippen LogP contribution in [0.4, 0.5) is 4.39 Å². The van der Waals surface area contributed by atoms with E-state index >= 15 is 0 Å². The number of unbranched alkanes of at least 4 members (excludes halogenated alkanes) is 13. The highest BCUT2D eigenvalue weighted by atomic mass is 19.1. The van der Waals surface area contributed by atoms with Crippen molar-refractivity contribution in [2.75, 3.05) is 0 Å². The Kier molecular flexibility index (Phi) is 15.3. The predicted molar refractivity (Wildman–Crippen MR) is 89.0 cm³/mol. The van der Waals surface area contributed by atoms with Crippen LogP contribution in [-0.4, -0.2) is 12.1 Å². The lowest BCUT2D eigenvalue weighted by atomic mass is 10.0. The second-order valence-electron chi connectivity index (χ2n) is 6.25. The molecule has 0 spiro atoms. The molecule has 0 saturated heterocycles. The highest BCUT2D eigenvalue weighted by Crippen LogP contribution is 2.14. The SMILES string of the molecule is CCCCCCCCCCCCCCCC[C@H](F)C(N)=O. The second-order valence-corrected chi connectivity index (χ2v) is 6.25. The third-order valence-corrected chi connectivity index (χ3v) is 4.12. The summed E-state index contributed by atoms with van der Waals surface area (Å²) in [5, 5.41) is 0. The lowest BCUT2D eigenvalue weighted by molar-refractivity contribution is -0.122. The molecule has 0 radical (unpaired) electrons. The van der Waals surface area contributed by atoms with Gasteiger partial charge in [-0.2, -0.15) is 0 Å². The standard InChI is InChI=1S/C18H36FNO/c1-2-3-4-5-6-7-8-9-10-11-12-13-14-15-16-17(19)18(20)21/h17H,2-16H2,1H3,(H2,20,21)/t17-/m0/s1. The molecule has 0 bridgehead atoms. The van der Waals surface area contributed by atoms with Crippen LogP contribution < -0.4 is 5.73 Å². The van der Waals surface area contributed by atoms with Gasteiger partial charge in [0.05, 0.1) is 0 Å². The molecule has 1 atom stereocenters. The van der Waals surface area contributed by atoms with Gasteiger partial charge in [0, 0.05) is 0 Å². The Labute approximate surface area is 131 Å². The molecule has 0 aromatic rings. The minimum absolute atomic E-state index is 0.299. The van der Waals surface area contributed by atoms with Crippen molar-refractivity contribution < 1.29 is 9.18 Å². The van der Waals surface area contributed by atoms with Gasteiger partial charge in [0.15, 0.2) is 6.17 Å². The smallest absolute Gasteiger partial charge is 0.251 e. The van der Waals surface area contributed by atoms with Gasteiger partial charge in [0.2, 0.25) is 0 Å². The summed E-state index contributed by atoms with van der Waals surface area (Å²) in [7, 11) is 0. The third-order valence-electron chi connectivity index (χ3n) is 4.12. The van der Waals surface area contributed by atoms with Gasteiger partial charge < -0.3 is 5.73 Å². The summed E-state index contributed by atoms with van der Waals surface area (Å²) in [6.07, 6.45) is 16.8. The Hall–Kier alpha value is -0.600. The van der Waals surface area contributed by atoms with Crippen LogP contribution in [0.1, 0.15) is 103 Å². The number of hydrogen-bond donors (Lipinski definition) is 1. The van der Waals surface area contributed by atoms with E-state index in [0.717, 1.165) is 19.3 Å². The van der Waals surface area contributed by atoms with Gasteiger partial charge in [-0.3, -0.25) is 4.79 Å². The number of hydrogen-bond acceptors (Lipinski definition) is 1. The summed E-state index contributed by atoms with van der Waals surface area (Å²) in [5.41, 5.74) is 4.88. The fourth-order valence-electron chi connectivity index (χ4n) is 2.66. The van der Waals surface area contributed by atoms with E-state index in [-0.39, 0.29) is 0 Å². The number of carbonyl (C=O) groups excluding carboxylic acids is 1. The normalized spacial score (nSPS) is 12.5. The van der Waals surface area contributed by atoms with Crippen molar-refractivity contribution in [2.45, 2.75) is 109 Å². The molecule has 2 N–H and O–H groups in total. The van der Waals surface area contributed by atoms with Crippen LogP contribution in [0.25, 0.3) is 0 Å². The first-order chi connectivity index (χ1) is 10.2. The highest BCUT2D eigenvalue weighted by molar-refractivity contribution is 5.78. The van der Waals surface area contributed by atoms with E-state index in [1.165, 1.54) is 70.6 Å². The molecule has 0 unspecified atom stereocenters. The zero-order valence-electron chi connectivity index (χ0n) is 14.0. The van der Waals surface area contributed by atoms with E-state index in [4.69, 9.17) is 5.73 Å². The lowest BCUT2D eigenvalue weighted by Crippen LogP contribution is -2.24. The molecule has 0 heterocycles. The fraction of sp³-hybridized carbons (Fsp3) is 0.944. The van der Waals surface area contributed by atoms with E-state index in [1.807, 2.05) is 0 Å². The Bertz CT molecular complexity index is 233. The number of halogens is 1. The molecule has 1 amide bonds. The maximum atomic E-state index is 12.9. The van der Waals surface area contributed by atoms with E-state index in [2.05, 4.69) is 6.92 Å². The van der Waals surface area contributed by atoms with Crippen LogP contribution in [0.3, 0.4) is 0 Å². The molecule has 0 aliphatic rings. The maximum Gasteiger partial charge on any atom is 0.251 e. The van der Waals surface area contributed by atoms with Crippen molar-refractivity contribution in [3.05, 3.63) is 0 Å². The number of amides is 1. The largest absolute Gasteiger partial charge is 0.367 e. The molecule has 3 heteroatoms.